The Morgan fingerprint density at radius 1 is 1.32 bits per heavy atom. The lowest BCUT2D eigenvalue weighted by molar-refractivity contribution is 0.0695. The monoisotopic (exact) mass is 299 g/mol. The number of aromatic carboxylic acids is 1. The van der Waals surface area contributed by atoms with Crippen LogP contribution >= 0.6 is 0 Å². The van der Waals surface area contributed by atoms with Crippen molar-refractivity contribution in [2.75, 3.05) is 0 Å². The number of rotatable bonds is 4. The number of hydrogen-bond donors (Lipinski definition) is 1. The summed E-state index contributed by atoms with van der Waals surface area (Å²) >= 11 is 0. The molecule has 0 amide bonds. The Bertz CT molecular complexity index is 734. The normalized spacial score (nSPS) is 10.8. The summed E-state index contributed by atoms with van der Waals surface area (Å²) in [6.45, 7) is 9.38. The molecular formula is C18H18FNO2. The first-order chi connectivity index (χ1) is 10.4. The number of aromatic nitrogens is 1. The Kier molecular flexibility index (Phi) is 4.40. The fourth-order valence-corrected chi connectivity index (χ4v) is 2.54. The molecule has 0 unspecified atom stereocenters. The van der Waals surface area contributed by atoms with Crippen LogP contribution < -0.4 is 0 Å². The second-order valence-corrected chi connectivity index (χ2v) is 5.42. The lowest BCUT2D eigenvalue weighted by atomic mass is 9.89. The molecular weight excluding hydrogens is 281 g/mol. The van der Waals surface area contributed by atoms with Gasteiger partial charge in [-0.25, -0.2) is 9.18 Å². The largest absolute Gasteiger partial charge is 0.478 e. The van der Waals surface area contributed by atoms with E-state index in [-0.39, 0.29) is 17.3 Å². The number of nitrogens with zero attached hydrogens (tertiary/aromatic N) is 1. The van der Waals surface area contributed by atoms with Crippen LogP contribution in [0.3, 0.4) is 0 Å². The van der Waals surface area contributed by atoms with E-state index in [1.165, 1.54) is 12.1 Å². The minimum absolute atomic E-state index is 0.0390. The van der Waals surface area contributed by atoms with E-state index in [1.807, 2.05) is 20.8 Å². The Morgan fingerprint density at radius 3 is 2.36 bits per heavy atom. The maximum absolute atomic E-state index is 13.2. The molecule has 3 nitrogen and oxygen atoms in total. The molecule has 22 heavy (non-hydrogen) atoms. The first kappa shape index (κ1) is 15.9. The van der Waals surface area contributed by atoms with Gasteiger partial charge in [0.1, 0.15) is 5.82 Å². The number of carbonyl (C=O) groups is 1. The molecule has 114 valence electrons. The van der Waals surface area contributed by atoms with Crippen molar-refractivity contribution < 1.29 is 14.3 Å². The summed E-state index contributed by atoms with van der Waals surface area (Å²) in [7, 11) is 0. The highest BCUT2D eigenvalue weighted by atomic mass is 19.1. The second kappa shape index (κ2) is 6.10. The van der Waals surface area contributed by atoms with E-state index in [0.717, 1.165) is 0 Å². The van der Waals surface area contributed by atoms with E-state index >= 15 is 0 Å². The van der Waals surface area contributed by atoms with E-state index in [2.05, 4.69) is 11.6 Å². The zero-order valence-electron chi connectivity index (χ0n) is 12.9. The molecule has 0 aliphatic heterocycles. The van der Waals surface area contributed by atoms with E-state index in [9.17, 15) is 14.3 Å². The first-order valence-corrected chi connectivity index (χ1v) is 7.03. The number of pyridine rings is 1. The molecule has 4 heteroatoms. The zero-order chi connectivity index (χ0) is 16.4. The summed E-state index contributed by atoms with van der Waals surface area (Å²) in [5, 5.41) is 9.67. The number of aryl methyl sites for hydroxylation is 1. The third-order valence-corrected chi connectivity index (χ3v) is 3.55. The summed E-state index contributed by atoms with van der Waals surface area (Å²) in [5.74, 6) is -1.45. The average molecular weight is 299 g/mol. The Labute approximate surface area is 129 Å². The molecule has 0 fully saturated rings. The molecule has 2 aromatic rings. The van der Waals surface area contributed by atoms with Crippen molar-refractivity contribution >= 4 is 12.0 Å². The van der Waals surface area contributed by atoms with Crippen molar-refractivity contribution in [3.63, 3.8) is 0 Å². The molecule has 0 aliphatic rings. The summed E-state index contributed by atoms with van der Waals surface area (Å²) in [6.07, 6.45) is 1.59. The van der Waals surface area contributed by atoms with Gasteiger partial charge < -0.3 is 5.11 Å². The summed E-state index contributed by atoms with van der Waals surface area (Å²) in [5.41, 5.74) is 3.23. The maximum atomic E-state index is 13.2. The Hall–Kier alpha value is -2.49. The fraction of sp³-hybridized carbons (Fsp3) is 0.222. The molecule has 1 aromatic carbocycles. The molecule has 0 spiro atoms. The molecule has 0 saturated heterocycles. The van der Waals surface area contributed by atoms with Crippen LogP contribution in [0.5, 0.6) is 0 Å². The lowest BCUT2D eigenvalue weighted by Gasteiger charge is -2.18. The highest BCUT2D eigenvalue weighted by Gasteiger charge is 2.24. The molecule has 0 atom stereocenters. The fourth-order valence-electron chi connectivity index (χ4n) is 2.54. The molecule has 1 aromatic heterocycles. The van der Waals surface area contributed by atoms with Gasteiger partial charge in [-0.05, 0) is 30.5 Å². The molecule has 0 bridgehead atoms. The Morgan fingerprint density at radius 2 is 1.91 bits per heavy atom. The van der Waals surface area contributed by atoms with Crippen LogP contribution in [0.4, 0.5) is 4.39 Å². The van der Waals surface area contributed by atoms with Crippen LogP contribution in [0.25, 0.3) is 17.2 Å². The first-order valence-electron chi connectivity index (χ1n) is 7.03. The standard InChI is InChI=1S/C18H18FNO2/c1-5-14-11(4)20-17(10(2)3)16(18(21)22)15(14)12-6-8-13(19)9-7-12/h5-10H,1H2,2-4H3,(H,21,22). The van der Waals surface area contributed by atoms with Crippen molar-refractivity contribution in [1.82, 2.24) is 4.98 Å². The lowest BCUT2D eigenvalue weighted by Crippen LogP contribution is -2.12. The van der Waals surface area contributed by atoms with Gasteiger partial charge in [0, 0.05) is 16.8 Å². The van der Waals surface area contributed by atoms with Gasteiger partial charge in [0.25, 0.3) is 0 Å². The van der Waals surface area contributed by atoms with Gasteiger partial charge in [-0.1, -0.05) is 38.6 Å². The van der Waals surface area contributed by atoms with E-state index in [4.69, 9.17) is 0 Å². The average Bonchev–Trinajstić information content (AvgIpc) is 2.46. The van der Waals surface area contributed by atoms with Gasteiger partial charge in [-0.3, -0.25) is 4.98 Å². The van der Waals surface area contributed by atoms with E-state index < -0.39 is 5.97 Å². The summed E-state index contributed by atoms with van der Waals surface area (Å²) in [6, 6.07) is 5.79. The SMILES string of the molecule is C=Cc1c(C)nc(C(C)C)c(C(=O)O)c1-c1ccc(F)cc1. The third-order valence-electron chi connectivity index (χ3n) is 3.55. The van der Waals surface area contributed by atoms with Crippen LogP contribution in [0.15, 0.2) is 30.8 Å². The molecule has 2 rings (SSSR count). The van der Waals surface area contributed by atoms with Gasteiger partial charge in [0.2, 0.25) is 0 Å². The minimum Gasteiger partial charge on any atom is -0.478 e. The topological polar surface area (TPSA) is 50.2 Å². The van der Waals surface area contributed by atoms with Crippen molar-refractivity contribution in [2.24, 2.45) is 0 Å². The van der Waals surface area contributed by atoms with Crippen molar-refractivity contribution in [3.8, 4) is 11.1 Å². The van der Waals surface area contributed by atoms with Gasteiger partial charge in [0.15, 0.2) is 0 Å². The molecule has 0 radical (unpaired) electrons. The molecule has 1 heterocycles. The zero-order valence-corrected chi connectivity index (χ0v) is 12.9. The number of carboxylic acids is 1. The molecule has 0 aliphatic carbocycles. The number of halogens is 1. The van der Waals surface area contributed by atoms with Gasteiger partial charge in [-0.2, -0.15) is 0 Å². The molecule has 0 saturated carbocycles. The smallest absolute Gasteiger partial charge is 0.338 e. The van der Waals surface area contributed by atoms with Crippen LogP contribution in [0.2, 0.25) is 0 Å². The highest BCUT2D eigenvalue weighted by Crippen LogP contribution is 2.34. The van der Waals surface area contributed by atoms with Crippen LogP contribution in [-0.2, 0) is 0 Å². The number of hydrogen-bond acceptors (Lipinski definition) is 2. The van der Waals surface area contributed by atoms with E-state index in [0.29, 0.717) is 28.1 Å². The number of carboxylic acid groups (broad SMARTS) is 1. The van der Waals surface area contributed by atoms with Gasteiger partial charge in [-0.15, -0.1) is 0 Å². The van der Waals surface area contributed by atoms with Crippen LogP contribution in [0.1, 0.15) is 47.1 Å². The number of benzene rings is 1. The maximum Gasteiger partial charge on any atom is 0.338 e. The van der Waals surface area contributed by atoms with E-state index in [1.54, 1.807) is 18.2 Å². The highest BCUT2D eigenvalue weighted by molar-refractivity contribution is 6.00. The second-order valence-electron chi connectivity index (χ2n) is 5.42. The van der Waals surface area contributed by atoms with Crippen molar-refractivity contribution in [1.29, 1.82) is 0 Å². The summed E-state index contributed by atoms with van der Waals surface area (Å²) in [4.78, 5) is 16.3. The minimum atomic E-state index is -1.04. The quantitative estimate of drug-likeness (QED) is 0.893. The molecule has 1 N–H and O–H groups in total. The Balaban J connectivity index is 2.92. The summed E-state index contributed by atoms with van der Waals surface area (Å²) < 4.78 is 13.2. The van der Waals surface area contributed by atoms with Crippen LogP contribution in [0, 0.1) is 12.7 Å². The van der Waals surface area contributed by atoms with Gasteiger partial charge >= 0.3 is 5.97 Å². The predicted octanol–water partition coefficient (Wildman–Crippen LogP) is 4.66. The van der Waals surface area contributed by atoms with Crippen molar-refractivity contribution in [3.05, 3.63) is 59.2 Å². The van der Waals surface area contributed by atoms with Crippen LogP contribution in [-0.4, -0.2) is 16.1 Å². The third kappa shape index (κ3) is 2.77. The predicted molar refractivity (Wildman–Crippen MR) is 85.5 cm³/mol. The van der Waals surface area contributed by atoms with Crippen molar-refractivity contribution in [2.45, 2.75) is 26.7 Å². The van der Waals surface area contributed by atoms with Gasteiger partial charge in [0.05, 0.1) is 11.3 Å².